The van der Waals surface area contributed by atoms with Gasteiger partial charge in [0, 0.05) is 6.54 Å². The molecular formula is C12H22N2O4. The average Bonchev–Trinajstić information content (AvgIpc) is 2.74. The summed E-state index contributed by atoms with van der Waals surface area (Å²) < 4.78 is 0. The molecule has 0 radical (unpaired) electrons. The number of carbonyl (C=O) groups is 2. The summed E-state index contributed by atoms with van der Waals surface area (Å²) in [6.07, 6.45) is -0.437. The summed E-state index contributed by atoms with van der Waals surface area (Å²) in [5, 5.41) is 23.9. The van der Waals surface area contributed by atoms with E-state index in [0.717, 1.165) is 6.54 Å². The van der Waals surface area contributed by atoms with Gasteiger partial charge in [0.1, 0.15) is 0 Å². The fourth-order valence-electron chi connectivity index (χ4n) is 2.33. The molecule has 1 aliphatic heterocycles. The van der Waals surface area contributed by atoms with Crippen LogP contribution >= 0.6 is 0 Å². The molecule has 0 aromatic heterocycles. The van der Waals surface area contributed by atoms with Crippen molar-refractivity contribution in [3.63, 3.8) is 0 Å². The van der Waals surface area contributed by atoms with Crippen LogP contribution in [0.25, 0.3) is 0 Å². The Labute approximate surface area is 107 Å². The molecule has 6 heteroatoms. The van der Waals surface area contributed by atoms with Gasteiger partial charge in [0.25, 0.3) is 0 Å². The van der Waals surface area contributed by atoms with E-state index in [0.29, 0.717) is 13.0 Å². The molecule has 3 atom stereocenters. The van der Waals surface area contributed by atoms with Gasteiger partial charge in [0.05, 0.1) is 11.5 Å². The molecule has 4 N–H and O–H groups in total. The number of aliphatic hydroxyl groups excluding tert-OH is 1. The topological polar surface area (TPSA) is 98.7 Å². The van der Waals surface area contributed by atoms with Crippen molar-refractivity contribution in [2.45, 2.75) is 39.3 Å². The lowest BCUT2D eigenvalue weighted by Gasteiger charge is -2.32. The Hall–Kier alpha value is -1.14. The number of rotatable bonds is 5. The Bertz CT molecular complexity index is 322. The van der Waals surface area contributed by atoms with E-state index in [2.05, 4.69) is 10.6 Å². The molecule has 1 fully saturated rings. The second-order valence-electron chi connectivity index (χ2n) is 5.27. The number of carbonyl (C=O) groups excluding carboxylic acids is 1. The lowest BCUT2D eigenvalue weighted by molar-refractivity contribution is -0.147. The smallest absolute Gasteiger partial charge is 0.328 e. The van der Waals surface area contributed by atoms with Crippen molar-refractivity contribution in [3.8, 4) is 0 Å². The van der Waals surface area contributed by atoms with Crippen molar-refractivity contribution >= 4 is 11.9 Å². The lowest BCUT2D eigenvalue weighted by atomic mass is 9.75. The lowest BCUT2D eigenvalue weighted by Crippen LogP contribution is -2.54. The molecule has 0 aliphatic carbocycles. The molecule has 1 rings (SSSR count). The maximum absolute atomic E-state index is 12.3. The number of carboxylic acids is 1. The van der Waals surface area contributed by atoms with Gasteiger partial charge >= 0.3 is 5.97 Å². The Morgan fingerprint density at radius 2 is 1.94 bits per heavy atom. The zero-order valence-corrected chi connectivity index (χ0v) is 11.1. The summed E-state index contributed by atoms with van der Waals surface area (Å²) in [4.78, 5) is 23.3. The van der Waals surface area contributed by atoms with Gasteiger partial charge in [-0.3, -0.25) is 4.79 Å². The first kappa shape index (κ1) is 14.9. The van der Waals surface area contributed by atoms with Crippen LogP contribution in [0.3, 0.4) is 0 Å². The molecular weight excluding hydrogens is 236 g/mol. The van der Waals surface area contributed by atoms with Crippen LogP contribution in [0, 0.1) is 11.3 Å². The van der Waals surface area contributed by atoms with Gasteiger partial charge in [-0.1, -0.05) is 13.8 Å². The summed E-state index contributed by atoms with van der Waals surface area (Å²) in [5.41, 5.74) is -0.581. The first-order valence-corrected chi connectivity index (χ1v) is 6.24. The highest BCUT2D eigenvalue weighted by Gasteiger charge is 2.45. The van der Waals surface area contributed by atoms with Crippen LogP contribution in [0.5, 0.6) is 0 Å². The summed E-state index contributed by atoms with van der Waals surface area (Å²) in [6.45, 7) is 6.55. The maximum atomic E-state index is 12.3. The fourth-order valence-corrected chi connectivity index (χ4v) is 2.33. The summed E-state index contributed by atoms with van der Waals surface area (Å²) in [5.74, 6) is -1.41. The van der Waals surface area contributed by atoms with Crippen LogP contribution in [0.2, 0.25) is 0 Å². The highest BCUT2D eigenvalue weighted by atomic mass is 16.4. The van der Waals surface area contributed by atoms with Crippen molar-refractivity contribution in [2.24, 2.45) is 11.3 Å². The number of nitrogens with one attached hydrogen (secondary N) is 2. The molecule has 0 aromatic rings. The second kappa shape index (κ2) is 5.67. The zero-order chi connectivity index (χ0) is 13.9. The van der Waals surface area contributed by atoms with E-state index in [-0.39, 0.29) is 11.8 Å². The van der Waals surface area contributed by atoms with Gasteiger partial charge in [0.2, 0.25) is 5.91 Å². The van der Waals surface area contributed by atoms with E-state index in [1.807, 2.05) is 13.8 Å². The number of carboxylic acid groups (broad SMARTS) is 1. The van der Waals surface area contributed by atoms with Gasteiger partial charge < -0.3 is 20.8 Å². The fraction of sp³-hybridized carbons (Fsp3) is 0.833. The van der Waals surface area contributed by atoms with Crippen molar-refractivity contribution < 1.29 is 19.8 Å². The molecule has 0 saturated carbocycles. The molecule has 104 valence electrons. The predicted molar refractivity (Wildman–Crippen MR) is 66.0 cm³/mol. The van der Waals surface area contributed by atoms with Crippen LogP contribution in [-0.2, 0) is 9.59 Å². The second-order valence-corrected chi connectivity index (χ2v) is 5.27. The van der Waals surface area contributed by atoms with Gasteiger partial charge in [-0.25, -0.2) is 4.79 Å². The van der Waals surface area contributed by atoms with Gasteiger partial charge in [-0.05, 0) is 25.8 Å². The van der Waals surface area contributed by atoms with Gasteiger partial charge in [0.15, 0.2) is 6.04 Å². The highest BCUT2D eigenvalue weighted by Crippen LogP contribution is 2.34. The first-order valence-electron chi connectivity index (χ1n) is 6.24. The van der Waals surface area contributed by atoms with E-state index in [9.17, 15) is 14.7 Å². The summed E-state index contributed by atoms with van der Waals surface area (Å²) >= 11 is 0. The van der Waals surface area contributed by atoms with E-state index < -0.39 is 23.5 Å². The number of hydrogen-bond donors (Lipinski definition) is 4. The van der Waals surface area contributed by atoms with E-state index >= 15 is 0 Å². The first-order chi connectivity index (χ1) is 8.31. The molecule has 0 aromatic carbocycles. The monoisotopic (exact) mass is 258 g/mol. The van der Waals surface area contributed by atoms with Crippen LogP contribution in [-0.4, -0.2) is 47.3 Å². The Kier molecular flexibility index (Phi) is 4.70. The zero-order valence-electron chi connectivity index (χ0n) is 11.1. The third kappa shape index (κ3) is 2.81. The van der Waals surface area contributed by atoms with E-state index in [1.165, 1.54) is 6.92 Å². The summed E-state index contributed by atoms with van der Waals surface area (Å²) in [7, 11) is 0. The number of aliphatic carboxylic acids is 1. The van der Waals surface area contributed by atoms with Crippen molar-refractivity contribution in [1.82, 2.24) is 10.6 Å². The molecule has 1 heterocycles. The molecule has 18 heavy (non-hydrogen) atoms. The predicted octanol–water partition coefficient (Wildman–Crippen LogP) is -0.428. The normalized spacial score (nSPS) is 26.9. The number of aliphatic hydroxyl groups is 1. The van der Waals surface area contributed by atoms with Crippen LogP contribution in [0.4, 0.5) is 0 Å². The van der Waals surface area contributed by atoms with E-state index in [4.69, 9.17) is 5.11 Å². The van der Waals surface area contributed by atoms with Crippen molar-refractivity contribution in [1.29, 1.82) is 0 Å². The SMILES string of the molecule is CC(O)C(NC(=O)C1(C(C)C)CCNC1)C(=O)O. The van der Waals surface area contributed by atoms with Crippen LogP contribution < -0.4 is 10.6 Å². The van der Waals surface area contributed by atoms with Crippen LogP contribution in [0.15, 0.2) is 0 Å². The quantitative estimate of drug-likeness (QED) is 0.536. The molecule has 1 saturated heterocycles. The maximum Gasteiger partial charge on any atom is 0.328 e. The Morgan fingerprint density at radius 3 is 2.28 bits per heavy atom. The summed E-state index contributed by atoms with van der Waals surface area (Å²) in [6, 6.07) is -1.26. The van der Waals surface area contributed by atoms with E-state index in [1.54, 1.807) is 0 Å². The molecule has 6 nitrogen and oxygen atoms in total. The van der Waals surface area contributed by atoms with Crippen molar-refractivity contribution in [2.75, 3.05) is 13.1 Å². The standard InChI is InChI=1S/C12H22N2O4/c1-7(2)12(4-5-13-6-12)11(18)14-9(8(3)15)10(16)17/h7-9,13,15H,4-6H2,1-3H3,(H,14,18)(H,16,17). The Morgan fingerprint density at radius 1 is 1.33 bits per heavy atom. The average molecular weight is 258 g/mol. The minimum Gasteiger partial charge on any atom is -0.480 e. The molecule has 0 spiro atoms. The third-order valence-electron chi connectivity index (χ3n) is 3.78. The minimum absolute atomic E-state index is 0.107. The largest absolute Gasteiger partial charge is 0.480 e. The molecule has 3 unspecified atom stereocenters. The molecule has 1 amide bonds. The minimum atomic E-state index is -1.26. The van der Waals surface area contributed by atoms with Crippen LogP contribution in [0.1, 0.15) is 27.2 Å². The third-order valence-corrected chi connectivity index (χ3v) is 3.78. The molecule has 0 bridgehead atoms. The van der Waals surface area contributed by atoms with Gasteiger partial charge in [-0.2, -0.15) is 0 Å². The molecule has 1 aliphatic rings. The van der Waals surface area contributed by atoms with Gasteiger partial charge in [-0.15, -0.1) is 0 Å². The number of hydrogen-bond acceptors (Lipinski definition) is 4. The Balaban J connectivity index is 2.82. The van der Waals surface area contributed by atoms with Crippen molar-refractivity contribution in [3.05, 3.63) is 0 Å². The highest BCUT2D eigenvalue weighted by molar-refractivity contribution is 5.88. The number of amides is 1.